The number of benzene rings is 1. The van der Waals surface area contributed by atoms with Crippen molar-refractivity contribution in [1.82, 2.24) is 4.90 Å². The number of Topliss-reactive ketones (excluding diaryl/α,β-unsaturated/α-hetero) is 1. The molecule has 1 fully saturated rings. The molecule has 0 N–H and O–H groups in total. The van der Waals surface area contributed by atoms with Gasteiger partial charge < -0.3 is 9.47 Å². The van der Waals surface area contributed by atoms with Crippen LogP contribution in [0.1, 0.15) is 24.5 Å². The number of nitrogens with zero attached hydrogens (tertiary/aromatic N) is 1. The average Bonchev–Trinajstić information content (AvgIpc) is 2.53. The number of fused-ring (bicyclic) bond motifs is 1. The molecule has 1 aromatic carbocycles. The maximum absolute atomic E-state index is 11.9. The lowest BCUT2D eigenvalue weighted by Crippen LogP contribution is -2.45. The maximum Gasteiger partial charge on any atom is 0.317 e. The molecule has 1 unspecified atom stereocenters. The summed E-state index contributed by atoms with van der Waals surface area (Å²) < 4.78 is 10.2. The molecule has 0 radical (unpaired) electrons. The Kier molecular flexibility index (Phi) is 4.48. The zero-order chi connectivity index (χ0) is 16.4. The molecule has 1 aliphatic carbocycles. The van der Waals surface area contributed by atoms with Gasteiger partial charge in [0.15, 0.2) is 0 Å². The lowest BCUT2D eigenvalue weighted by Gasteiger charge is -2.33. The molecule has 5 nitrogen and oxygen atoms in total. The molecular weight excluding hydrogens is 294 g/mol. The second kappa shape index (κ2) is 6.54. The monoisotopic (exact) mass is 315 g/mol. The van der Waals surface area contributed by atoms with Crippen LogP contribution in [0.4, 0.5) is 0 Å². The van der Waals surface area contributed by atoms with E-state index in [9.17, 15) is 9.59 Å². The quantitative estimate of drug-likeness (QED) is 0.614. The van der Waals surface area contributed by atoms with Gasteiger partial charge in [-0.3, -0.25) is 14.5 Å². The highest BCUT2D eigenvalue weighted by atomic mass is 16.5. The highest BCUT2D eigenvalue weighted by molar-refractivity contribution is 6.00. The maximum atomic E-state index is 11.9. The number of hydrogen-bond donors (Lipinski definition) is 0. The summed E-state index contributed by atoms with van der Waals surface area (Å²) in [6, 6.07) is 6.02. The summed E-state index contributed by atoms with van der Waals surface area (Å²) in [5.74, 6) is -0.188. The van der Waals surface area contributed by atoms with Crippen LogP contribution in [-0.2, 0) is 14.3 Å². The standard InChI is InChI=1S/C18H21NO4/c1-3-23-18(21)16-11-19(7-6-17(16)20)10-13-8-12-9-14(22-2)4-5-15(12)13/h4-5,8-9,16H,3,6-7,10-11H2,1-2H3. The van der Waals surface area contributed by atoms with Gasteiger partial charge in [-0.1, -0.05) is 6.07 Å². The summed E-state index contributed by atoms with van der Waals surface area (Å²) in [6.07, 6.45) is 2.54. The lowest BCUT2D eigenvalue weighted by atomic mass is 9.87. The van der Waals surface area contributed by atoms with Crippen molar-refractivity contribution in [3.8, 4) is 5.75 Å². The largest absolute Gasteiger partial charge is 0.497 e. The van der Waals surface area contributed by atoms with Crippen LogP contribution < -0.4 is 4.74 Å². The molecule has 0 bridgehead atoms. The molecule has 1 aliphatic heterocycles. The molecule has 0 amide bonds. The number of esters is 1. The van der Waals surface area contributed by atoms with Crippen molar-refractivity contribution >= 4 is 23.4 Å². The molecule has 1 saturated heterocycles. The fourth-order valence-electron chi connectivity index (χ4n) is 3.13. The van der Waals surface area contributed by atoms with E-state index in [1.54, 1.807) is 14.0 Å². The number of piperidine rings is 1. The summed E-state index contributed by atoms with van der Waals surface area (Å²) in [7, 11) is 1.66. The van der Waals surface area contributed by atoms with Gasteiger partial charge >= 0.3 is 5.97 Å². The number of rotatable bonds is 5. The Hall–Kier alpha value is -2.14. The van der Waals surface area contributed by atoms with E-state index in [0.29, 0.717) is 26.1 Å². The Bertz CT molecular complexity index is 665. The van der Waals surface area contributed by atoms with E-state index in [0.717, 1.165) is 12.3 Å². The molecule has 5 heteroatoms. The minimum atomic E-state index is -0.639. The first kappa shape index (κ1) is 15.7. The van der Waals surface area contributed by atoms with Gasteiger partial charge in [0, 0.05) is 26.1 Å². The minimum absolute atomic E-state index is 0.00701. The molecule has 0 saturated carbocycles. The molecule has 1 atom stereocenters. The van der Waals surface area contributed by atoms with E-state index in [1.807, 2.05) is 12.1 Å². The first-order valence-corrected chi connectivity index (χ1v) is 7.93. The fraction of sp³-hybridized carbons (Fsp3) is 0.444. The van der Waals surface area contributed by atoms with Crippen molar-refractivity contribution in [3.63, 3.8) is 0 Å². The molecule has 122 valence electrons. The zero-order valence-electron chi connectivity index (χ0n) is 13.5. The van der Waals surface area contributed by atoms with Gasteiger partial charge in [-0.15, -0.1) is 0 Å². The molecule has 3 rings (SSSR count). The number of carbonyl (C=O) groups excluding carboxylic acids is 2. The average molecular weight is 315 g/mol. The SMILES string of the molecule is CCOC(=O)C1CN(CC2=Cc3cc(OC)ccc32)CCC1=O. The number of ketones is 1. The van der Waals surface area contributed by atoms with Crippen LogP contribution in [0, 0.1) is 5.92 Å². The second-order valence-electron chi connectivity index (χ2n) is 5.88. The zero-order valence-corrected chi connectivity index (χ0v) is 13.5. The van der Waals surface area contributed by atoms with Crippen molar-refractivity contribution in [2.75, 3.05) is 33.4 Å². The molecule has 1 aromatic rings. The van der Waals surface area contributed by atoms with Gasteiger partial charge in [-0.2, -0.15) is 0 Å². The number of likely N-dealkylation sites (tertiary alicyclic amines) is 1. The predicted molar refractivity (Wildman–Crippen MR) is 87.1 cm³/mol. The van der Waals surface area contributed by atoms with Crippen LogP contribution in [0.25, 0.3) is 11.6 Å². The molecule has 2 aliphatic rings. The number of carbonyl (C=O) groups is 2. The van der Waals surface area contributed by atoms with Gasteiger partial charge in [0.25, 0.3) is 0 Å². The lowest BCUT2D eigenvalue weighted by molar-refractivity contribution is -0.153. The van der Waals surface area contributed by atoms with Crippen molar-refractivity contribution in [3.05, 3.63) is 29.3 Å². The minimum Gasteiger partial charge on any atom is -0.497 e. The summed E-state index contributed by atoms with van der Waals surface area (Å²) >= 11 is 0. The summed E-state index contributed by atoms with van der Waals surface area (Å²) in [4.78, 5) is 26.0. The Morgan fingerprint density at radius 2 is 2.22 bits per heavy atom. The van der Waals surface area contributed by atoms with Crippen molar-refractivity contribution in [1.29, 1.82) is 0 Å². The smallest absolute Gasteiger partial charge is 0.317 e. The molecule has 23 heavy (non-hydrogen) atoms. The number of methoxy groups -OCH3 is 1. The van der Waals surface area contributed by atoms with Crippen LogP contribution in [0.5, 0.6) is 5.75 Å². The fourth-order valence-corrected chi connectivity index (χ4v) is 3.13. The topological polar surface area (TPSA) is 55.8 Å². The van der Waals surface area contributed by atoms with E-state index < -0.39 is 11.9 Å². The van der Waals surface area contributed by atoms with Crippen LogP contribution in [-0.4, -0.2) is 50.0 Å². The Labute approximate surface area is 135 Å². The first-order chi connectivity index (χ1) is 11.1. The van der Waals surface area contributed by atoms with Crippen LogP contribution in [0.2, 0.25) is 0 Å². The first-order valence-electron chi connectivity index (χ1n) is 7.93. The normalized spacial score (nSPS) is 20.3. The van der Waals surface area contributed by atoms with Crippen molar-refractivity contribution in [2.45, 2.75) is 13.3 Å². The van der Waals surface area contributed by atoms with Gasteiger partial charge in [-0.05, 0) is 41.8 Å². The molecule has 0 spiro atoms. The molecular formula is C18H21NO4. The summed E-state index contributed by atoms with van der Waals surface area (Å²) in [5.41, 5.74) is 3.63. The van der Waals surface area contributed by atoms with E-state index in [2.05, 4.69) is 17.0 Å². The van der Waals surface area contributed by atoms with Crippen LogP contribution >= 0.6 is 0 Å². The Morgan fingerprint density at radius 1 is 1.39 bits per heavy atom. The molecule has 0 aromatic heterocycles. The van der Waals surface area contributed by atoms with Gasteiger partial charge in [0.2, 0.25) is 0 Å². The van der Waals surface area contributed by atoms with E-state index in [-0.39, 0.29) is 5.78 Å². The van der Waals surface area contributed by atoms with Crippen molar-refractivity contribution in [2.24, 2.45) is 5.92 Å². The third kappa shape index (κ3) is 3.15. The van der Waals surface area contributed by atoms with Crippen molar-refractivity contribution < 1.29 is 19.1 Å². The summed E-state index contributed by atoms with van der Waals surface area (Å²) in [5, 5.41) is 0. The van der Waals surface area contributed by atoms with E-state index in [4.69, 9.17) is 9.47 Å². The van der Waals surface area contributed by atoms with E-state index in [1.165, 1.54) is 16.7 Å². The second-order valence-corrected chi connectivity index (χ2v) is 5.88. The van der Waals surface area contributed by atoms with E-state index >= 15 is 0 Å². The number of ether oxygens (including phenoxy) is 2. The highest BCUT2D eigenvalue weighted by Crippen LogP contribution is 2.35. The third-order valence-electron chi connectivity index (χ3n) is 4.40. The Morgan fingerprint density at radius 3 is 2.91 bits per heavy atom. The summed E-state index contributed by atoms with van der Waals surface area (Å²) in [6.45, 7) is 3.96. The van der Waals surface area contributed by atoms with Gasteiger partial charge in [-0.25, -0.2) is 0 Å². The highest BCUT2D eigenvalue weighted by Gasteiger charge is 2.34. The van der Waals surface area contributed by atoms with Gasteiger partial charge in [0.05, 0.1) is 13.7 Å². The van der Waals surface area contributed by atoms with Gasteiger partial charge in [0.1, 0.15) is 17.5 Å². The third-order valence-corrected chi connectivity index (χ3v) is 4.40. The molecule has 1 heterocycles. The predicted octanol–water partition coefficient (Wildman–Crippen LogP) is 2.00. The Balaban J connectivity index is 1.63. The van der Waals surface area contributed by atoms with Crippen LogP contribution in [0.3, 0.4) is 0 Å². The van der Waals surface area contributed by atoms with Crippen LogP contribution in [0.15, 0.2) is 18.2 Å². The number of hydrogen-bond acceptors (Lipinski definition) is 5.